The van der Waals surface area contributed by atoms with Gasteiger partial charge >= 0.3 is 0 Å². The summed E-state index contributed by atoms with van der Waals surface area (Å²) >= 11 is 7.50. The number of hydrogen-bond donors (Lipinski definition) is 1. The molecular weight excluding hydrogens is 398 g/mol. The lowest BCUT2D eigenvalue weighted by molar-refractivity contribution is 0.0919. The second-order valence-electron chi connectivity index (χ2n) is 6.34. The van der Waals surface area contributed by atoms with E-state index < -0.39 is 0 Å². The quantitative estimate of drug-likeness (QED) is 0.518. The Bertz CT molecular complexity index is 1040. The van der Waals surface area contributed by atoms with E-state index in [1.54, 1.807) is 4.68 Å². The van der Waals surface area contributed by atoms with E-state index >= 15 is 0 Å². The van der Waals surface area contributed by atoms with Crippen molar-refractivity contribution in [3.8, 4) is 17.0 Å². The van der Waals surface area contributed by atoms with Gasteiger partial charge in [0.15, 0.2) is 10.9 Å². The predicted octanol–water partition coefficient (Wildman–Crippen LogP) is 3.51. The maximum atomic E-state index is 12.8. The van der Waals surface area contributed by atoms with Gasteiger partial charge in [0.1, 0.15) is 5.75 Å². The van der Waals surface area contributed by atoms with Crippen molar-refractivity contribution in [1.82, 2.24) is 25.1 Å². The molecule has 1 aliphatic heterocycles. The minimum absolute atomic E-state index is 0.176. The number of carbonyl (C=O) groups excluding carboxylic acids is 1. The van der Waals surface area contributed by atoms with Crippen molar-refractivity contribution in [1.29, 1.82) is 0 Å². The largest absolute Gasteiger partial charge is 0.493 e. The third-order valence-corrected chi connectivity index (χ3v) is 5.32. The van der Waals surface area contributed by atoms with Crippen molar-refractivity contribution in [2.24, 2.45) is 7.05 Å². The molecule has 28 heavy (non-hydrogen) atoms. The number of rotatable bonds is 4. The number of aromatic nitrogens is 4. The lowest BCUT2D eigenvalue weighted by Gasteiger charge is -2.27. The van der Waals surface area contributed by atoms with Crippen LogP contribution in [0.25, 0.3) is 11.3 Å². The van der Waals surface area contributed by atoms with Gasteiger partial charge in [-0.25, -0.2) is 9.97 Å². The molecule has 0 radical (unpaired) electrons. The number of nitrogens with zero attached hydrogens (tertiary/aromatic N) is 4. The van der Waals surface area contributed by atoms with Crippen LogP contribution in [-0.2, 0) is 7.05 Å². The van der Waals surface area contributed by atoms with Gasteiger partial charge in [0.2, 0.25) is 0 Å². The monoisotopic (exact) mass is 415 g/mol. The molecule has 1 aliphatic rings. The SMILES string of the molecule is CSc1ncc(Cl)c(C(=O)NC2CCOc3ccc(-c4ccn(C)n4)cc32)n1. The highest BCUT2D eigenvalue weighted by Gasteiger charge is 2.26. The first-order chi connectivity index (χ1) is 13.5. The Hall–Kier alpha value is -2.58. The Kier molecular flexibility index (Phi) is 5.23. The minimum Gasteiger partial charge on any atom is -0.493 e. The highest BCUT2D eigenvalue weighted by Crippen LogP contribution is 2.35. The van der Waals surface area contributed by atoms with Gasteiger partial charge in [-0.15, -0.1) is 0 Å². The van der Waals surface area contributed by atoms with Crippen LogP contribution < -0.4 is 10.1 Å². The van der Waals surface area contributed by atoms with E-state index in [2.05, 4.69) is 20.4 Å². The Morgan fingerprint density at radius 3 is 3.00 bits per heavy atom. The Morgan fingerprint density at radius 2 is 2.25 bits per heavy atom. The maximum Gasteiger partial charge on any atom is 0.272 e. The van der Waals surface area contributed by atoms with E-state index in [9.17, 15) is 4.79 Å². The summed E-state index contributed by atoms with van der Waals surface area (Å²) in [5.74, 6) is 0.429. The number of thioether (sulfide) groups is 1. The van der Waals surface area contributed by atoms with Crippen molar-refractivity contribution in [2.45, 2.75) is 17.6 Å². The van der Waals surface area contributed by atoms with Crippen LogP contribution in [0.2, 0.25) is 5.02 Å². The van der Waals surface area contributed by atoms with Crippen LogP contribution in [-0.4, -0.2) is 38.5 Å². The molecule has 4 rings (SSSR count). The zero-order chi connectivity index (χ0) is 19.7. The number of ether oxygens (including phenoxy) is 1. The molecule has 1 atom stereocenters. The summed E-state index contributed by atoms with van der Waals surface area (Å²) in [5, 5.41) is 8.21. The number of halogens is 1. The van der Waals surface area contributed by atoms with Crippen molar-refractivity contribution in [2.75, 3.05) is 12.9 Å². The molecule has 0 bridgehead atoms. The van der Waals surface area contributed by atoms with Gasteiger partial charge < -0.3 is 10.1 Å². The maximum absolute atomic E-state index is 12.8. The van der Waals surface area contributed by atoms with E-state index in [1.807, 2.05) is 43.8 Å². The highest BCUT2D eigenvalue weighted by molar-refractivity contribution is 7.98. The molecule has 3 heterocycles. The van der Waals surface area contributed by atoms with Crippen molar-refractivity contribution >= 4 is 29.3 Å². The molecular formula is C19H18ClN5O2S. The summed E-state index contributed by atoms with van der Waals surface area (Å²) in [5.41, 5.74) is 2.92. The van der Waals surface area contributed by atoms with Gasteiger partial charge in [0.25, 0.3) is 5.91 Å². The van der Waals surface area contributed by atoms with E-state index in [4.69, 9.17) is 16.3 Å². The number of hydrogen-bond acceptors (Lipinski definition) is 6. The summed E-state index contributed by atoms with van der Waals surface area (Å²) in [7, 11) is 1.88. The normalized spacial score (nSPS) is 15.6. The molecule has 7 nitrogen and oxygen atoms in total. The molecule has 0 aliphatic carbocycles. The van der Waals surface area contributed by atoms with Crippen LogP contribution in [0, 0.1) is 0 Å². The zero-order valence-corrected chi connectivity index (χ0v) is 16.9. The van der Waals surface area contributed by atoms with Crippen molar-refractivity contribution < 1.29 is 9.53 Å². The summed E-state index contributed by atoms with van der Waals surface area (Å²) in [6.45, 7) is 0.522. The molecule has 1 unspecified atom stereocenters. The van der Waals surface area contributed by atoms with Gasteiger partial charge in [0, 0.05) is 30.8 Å². The summed E-state index contributed by atoms with van der Waals surface area (Å²) in [6.07, 6.45) is 5.85. The topological polar surface area (TPSA) is 81.9 Å². The van der Waals surface area contributed by atoms with E-state index in [1.165, 1.54) is 18.0 Å². The fraction of sp³-hybridized carbons (Fsp3) is 0.263. The molecule has 0 saturated carbocycles. The highest BCUT2D eigenvalue weighted by atomic mass is 35.5. The molecule has 0 spiro atoms. The number of amides is 1. The number of carbonyl (C=O) groups is 1. The first kappa shape index (κ1) is 18.8. The molecule has 1 amide bonds. The molecule has 144 valence electrons. The Morgan fingerprint density at radius 1 is 1.39 bits per heavy atom. The number of benzene rings is 1. The summed E-state index contributed by atoms with van der Waals surface area (Å²) < 4.78 is 7.52. The average Bonchev–Trinajstić information content (AvgIpc) is 3.14. The zero-order valence-electron chi connectivity index (χ0n) is 15.3. The summed E-state index contributed by atoms with van der Waals surface area (Å²) in [4.78, 5) is 21.1. The van der Waals surface area contributed by atoms with E-state index in [-0.39, 0.29) is 22.7 Å². The first-order valence-electron chi connectivity index (χ1n) is 8.69. The Balaban J connectivity index is 1.63. The molecule has 2 aromatic heterocycles. The third-order valence-electron chi connectivity index (χ3n) is 4.48. The van der Waals surface area contributed by atoms with Gasteiger partial charge in [-0.1, -0.05) is 23.4 Å². The number of nitrogens with one attached hydrogen (secondary N) is 1. The number of aryl methyl sites for hydroxylation is 1. The standard InChI is InChI=1S/C19H18ClN5O2S/c1-25-7-5-14(24-25)11-3-4-16-12(9-11)15(6-8-27-16)22-18(26)17-13(20)10-21-19(23-17)28-2/h3-5,7,9-10,15H,6,8H2,1-2H3,(H,22,26). The van der Waals surface area contributed by atoms with Crippen molar-refractivity contribution in [3.63, 3.8) is 0 Å². The lowest BCUT2D eigenvalue weighted by atomic mass is 9.97. The van der Waals surface area contributed by atoms with Crippen LogP contribution in [0.5, 0.6) is 5.75 Å². The molecule has 0 fully saturated rings. The second kappa shape index (κ2) is 7.81. The molecule has 9 heteroatoms. The molecule has 1 N–H and O–H groups in total. The fourth-order valence-electron chi connectivity index (χ4n) is 3.11. The minimum atomic E-state index is -0.330. The van der Waals surface area contributed by atoms with Crippen LogP contribution in [0.4, 0.5) is 0 Å². The molecule has 1 aromatic carbocycles. The van der Waals surface area contributed by atoms with Crippen LogP contribution in [0.15, 0.2) is 41.8 Å². The smallest absolute Gasteiger partial charge is 0.272 e. The lowest BCUT2D eigenvalue weighted by Crippen LogP contribution is -2.33. The van der Waals surface area contributed by atoms with Crippen molar-refractivity contribution in [3.05, 3.63) is 52.9 Å². The van der Waals surface area contributed by atoms with E-state index in [0.29, 0.717) is 18.2 Å². The van der Waals surface area contributed by atoms with E-state index in [0.717, 1.165) is 22.6 Å². The first-order valence-corrected chi connectivity index (χ1v) is 10.3. The van der Waals surface area contributed by atoms with Gasteiger partial charge in [0.05, 0.1) is 29.6 Å². The third kappa shape index (κ3) is 3.70. The Labute approximate surface area is 171 Å². The molecule has 0 saturated heterocycles. The van der Waals surface area contributed by atoms with Crippen LogP contribution in [0.3, 0.4) is 0 Å². The van der Waals surface area contributed by atoms with Gasteiger partial charge in [-0.05, 0) is 30.5 Å². The van der Waals surface area contributed by atoms with Crippen LogP contribution >= 0.6 is 23.4 Å². The van der Waals surface area contributed by atoms with Crippen LogP contribution in [0.1, 0.15) is 28.5 Å². The summed E-state index contributed by atoms with van der Waals surface area (Å²) in [6, 6.07) is 7.64. The van der Waals surface area contributed by atoms with Gasteiger partial charge in [-0.2, -0.15) is 5.10 Å². The predicted molar refractivity (Wildman–Crippen MR) is 108 cm³/mol. The average molecular weight is 416 g/mol. The number of fused-ring (bicyclic) bond motifs is 1. The molecule has 3 aromatic rings. The second-order valence-corrected chi connectivity index (χ2v) is 7.52. The van der Waals surface area contributed by atoms with Gasteiger partial charge in [-0.3, -0.25) is 9.48 Å². The fourth-order valence-corrected chi connectivity index (χ4v) is 3.63.